The van der Waals surface area contributed by atoms with Crippen LogP contribution in [-0.2, 0) is 4.79 Å². The molecule has 1 heterocycles. The molecule has 0 aliphatic rings. The highest BCUT2D eigenvalue weighted by Gasteiger charge is 2.07. The molecule has 23 heavy (non-hydrogen) atoms. The van der Waals surface area contributed by atoms with Crippen LogP contribution in [0.15, 0.2) is 42.6 Å². The molecule has 7 heteroatoms. The second-order valence-corrected chi connectivity index (χ2v) is 5.02. The minimum Gasteiger partial charge on any atom is -0.435 e. The maximum Gasteiger partial charge on any atom is 0.387 e. The lowest BCUT2D eigenvalue weighted by atomic mass is 10.2. The van der Waals surface area contributed by atoms with Crippen molar-refractivity contribution in [2.75, 3.05) is 5.32 Å². The number of nitrogens with one attached hydrogen (secondary N) is 1. The maximum atomic E-state index is 12.0. The summed E-state index contributed by atoms with van der Waals surface area (Å²) in [6, 6.07) is 7.84. The third-order valence-electron chi connectivity index (χ3n) is 2.94. The van der Waals surface area contributed by atoms with Crippen LogP contribution in [-0.4, -0.2) is 22.3 Å². The number of aromatic nitrogens is 2. The Bertz CT molecular complexity index is 679. The van der Waals surface area contributed by atoms with Crippen molar-refractivity contribution in [1.29, 1.82) is 0 Å². The minimum absolute atomic E-state index is 0.0717. The van der Waals surface area contributed by atoms with Gasteiger partial charge >= 0.3 is 6.61 Å². The average Bonchev–Trinajstić information content (AvgIpc) is 2.94. The van der Waals surface area contributed by atoms with Crippen molar-refractivity contribution in [3.8, 4) is 5.75 Å². The van der Waals surface area contributed by atoms with Crippen LogP contribution in [0.1, 0.15) is 25.5 Å². The summed E-state index contributed by atoms with van der Waals surface area (Å²) in [6.07, 6.45) is 4.55. The van der Waals surface area contributed by atoms with Crippen LogP contribution in [0.2, 0.25) is 0 Å². The standard InChI is InChI=1S/C16H17F2N3O2/c1-11(2)21-14(9-10-19-21)20-15(22)8-5-12-3-6-13(7-4-12)23-16(17)18/h3-11,16H,1-2H3,(H,20,22)/b8-5+. The van der Waals surface area contributed by atoms with Gasteiger partial charge in [0, 0.05) is 18.2 Å². The van der Waals surface area contributed by atoms with Gasteiger partial charge in [0.05, 0.1) is 6.20 Å². The molecule has 5 nitrogen and oxygen atoms in total. The number of alkyl halides is 2. The molecule has 0 saturated carbocycles. The molecule has 122 valence electrons. The highest BCUT2D eigenvalue weighted by Crippen LogP contribution is 2.16. The number of ether oxygens (including phenoxy) is 1. The quantitative estimate of drug-likeness (QED) is 0.825. The highest BCUT2D eigenvalue weighted by atomic mass is 19.3. The van der Waals surface area contributed by atoms with E-state index >= 15 is 0 Å². The van der Waals surface area contributed by atoms with Gasteiger partial charge in [-0.25, -0.2) is 4.68 Å². The van der Waals surface area contributed by atoms with Gasteiger partial charge in [-0.2, -0.15) is 13.9 Å². The fraction of sp³-hybridized carbons (Fsp3) is 0.250. The topological polar surface area (TPSA) is 56.2 Å². The first kappa shape index (κ1) is 16.7. The highest BCUT2D eigenvalue weighted by molar-refractivity contribution is 6.01. The van der Waals surface area contributed by atoms with E-state index in [2.05, 4.69) is 15.2 Å². The van der Waals surface area contributed by atoms with Crippen LogP contribution in [0.4, 0.5) is 14.6 Å². The van der Waals surface area contributed by atoms with E-state index < -0.39 is 6.61 Å². The summed E-state index contributed by atoms with van der Waals surface area (Å²) < 4.78 is 30.0. The normalized spacial score (nSPS) is 11.4. The molecule has 0 radical (unpaired) electrons. The van der Waals surface area contributed by atoms with E-state index in [9.17, 15) is 13.6 Å². The smallest absolute Gasteiger partial charge is 0.387 e. The van der Waals surface area contributed by atoms with E-state index in [1.54, 1.807) is 35.2 Å². The Balaban J connectivity index is 1.96. The van der Waals surface area contributed by atoms with Gasteiger partial charge in [-0.1, -0.05) is 12.1 Å². The Kier molecular flexibility index (Phi) is 5.46. The molecule has 1 N–H and O–H groups in total. The summed E-state index contributed by atoms with van der Waals surface area (Å²) >= 11 is 0. The number of benzene rings is 1. The Morgan fingerprint density at radius 3 is 2.57 bits per heavy atom. The second kappa shape index (κ2) is 7.53. The molecule has 0 spiro atoms. The maximum absolute atomic E-state index is 12.0. The van der Waals surface area contributed by atoms with Gasteiger partial charge < -0.3 is 10.1 Å². The van der Waals surface area contributed by atoms with Crippen molar-refractivity contribution >= 4 is 17.8 Å². The van der Waals surface area contributed by atoms with Crippen LogP contribution < -0.4 is 10.1 Å². The van der Waals surface area contributed by atoms with Gasteiger partial charge in [0.2, 0.25) is 5.91 Å². The lowest BCUT2D eigenvalue weighted by Gasteiger charge is -2.10. The van der Waals surface area contributed by atoms with E-state index in [0.29, 0.717) is 11.4 Å². The third-order valence-corrected chi connectivity index (χ3v) is 2.94. The van der Waals surface area contributed by atoms with E-state index in [1.165, 1.54) is 18.2 Å². The molecule has 0 atom stereocenters. The number of halogens is 2. The lowest BCUT2D eigenvalue weighted by Crippen LogP contribution is -2.14. The minimum atomic E-state index is -2.85. The van der Waals surface area contributed by atoms with Crippen molar-refractivity contribution in [2.24, 2.45) is 0 Å². The summed E-state index contributed by atoms with van der Waals surface area (Å²) in [4.78, 5) is 11.9. The molecule has 0 aliphatic heterocycles. The van der Waals surface area contributed by atoms with E-state index in [-0.39, 0.29) is 17.7 Å². The number of anilines is 1. The summed E-state index contributed by atoms with van der Waals surface area (Å²) in [6.45, 7) is 1.07. The monoisotopic (exact) mass is 321 g/mol. The van der Waals surface area contributed by atoms with E-state index in [0.717, 1.165) is 0 Å². The summed E-state index contributed by atoms with van der Waals surface area (Å²) in [5, 5.41) is 6.85. The summed E-state index contributed by atoms with van der Waals surface area (Å²) in [7, 11) is 0. The number of rotatable bonds is 6. The molecule has 1 amide bonds. The molecule has 2 aromatic rings. The van der Waals surface area contributed by atoms with Crippen LogP contribution in [0.5, 0.6) is 5.75 Å². The average molecular weight is 321 g/mol. The van der Waals surface area contributed by atoms with Crippen molar-refractivity contribution < 1.29 is 18.3 Å². The largest absolute Gasteiger partial charge is 0.435 e. The number of carbonyl (C=O) groups excluding carboxylic acids is 1. The molecule has 1 aromatic carbocycles. The van der Waals surface area contributed by atoms with Crippen molar-refractivity contribution in [1.82, 2.24) is 9.78 Å². The molecule has 0 bridgehead atoms. The molecule has 0 unspecified atom stereocenters. The zero-order valence-electron chi connectivity index (χ0n) is 12.7. The number of hydrogen-bond donors (Lipinski definition) is 1. The Morgan fingerprint density at radius 2 is 1.96 bits per heavy atom. The van der Waals surface area contributed by atoms with Gasteiger partial charge in [-0.3, -0.25) is 4.79 Å². The molecule has 2 rings (SSSR count). The number of hydrogen-bond acceptors (Lipinski definition) is 3. The number of amides is 1. The fourth-order valence-electron chi connectivity index (χ4n) is 1.92. The fourth-order valence-corrected chi connectivity index (χ4v) is 1.92. The van der Waals surface area contributed by atoms with Crippen LogP contribution in [0.25, 0.3) is 6.08 Å². The molecule has 1 aromatic heterocycles. The Labute approximate surface area is 132 Å². The molecular formula is C16H17F2N3O2. The van der Waals surface area contributed by atoms with Crippen LogP contribution in [0, 0.1) is 0 Å². The Hall–Kier alpha value is -2.70. The van der Waals surface area contributed by atoms with Crippen molar-refractivity contribution in [3.63, 3.8) is 0 Å². The zero-order chi connectivity index (χ0) is 16.8. The first-order chi connectivity index (χ1) is 11.0. The number of carbonyl (C=O) groups is 1. The van der Waals surface area contributed by atoms with Crippen molar-refractivity contribution in [2.45, 2.75) is 26.5 Å². The first-order valence-corrected chi connectivity index (χ1v) is 7.03. The first-order valence-electron chi connectivity index (χ1n) is 7.03. The van der Waals surface area contributed by atoms with Gasteiger partial charge in [0.15, 0.2) is 0 Å². The van der Waals surface area contributed by atoms with E-state index in [1.807, 2.05) is 13.8 Å². The SMILES string of the molecule is CC(C)n1nccc1NC(=O)/C=C/c1ccc(OC(F)F)cc1. The number of nitrogens with zero attached hydrogens (tertiary/aromatic N) is 2. The third kappa shape index (κ3) is 4.91. The molecule has 0 aliphatic carbocycles. The lowest BCUT2D eigenvalue weighted by molar-refractivity contribution is -0.111. The summed E-state index contributed by atoms with van der Waals surface area (Å²) in [5.41, 5.74) is 0.694. The second-order valence-electron chi connectivity index (χ2n) is 5.02. The van der Waals surface area contributed by atoms with Gasteiger partial charge in [0.1, 0.15) is 11.6 Å². The van der Waals surface area contributed by atoms with Crippen molar-refractivity contribution in [3.05, 3.63) is 48.2 Å². The zero-order valence-corrected chi connectivity index (χ0v) is 12.7. The molecule has 0 saturated heterocycles. The van der Waals surface area contributed by atoms with Gasteiger partial charge in [-0.05, 0) is 37.6 Å². The van der Waals surface area contributed by atoms with E-state index in [4.69, 9.17) is 0 Å². The molecular weight excluding hydrogens is 304 g/mol. The van der Waals surface area contributed by atoms with Crippen LogP contribution in [0.3, 0.4) is 0 Å². The predicted octanol–water partition coefficient (Wildman–Crippen LogP) is 3.72. The van der Waals surface area contributed by atoms with Gasteiger partial charge in [0.25, 0.3) is 0 Å². The van der Waals surface area contributed by atoms with Gasteiger partial charge in [-0.15, -0.1) is 0 Å². The molecule has 0 fully saturated rings. The predicted molar refractivity (Wildman–Crippen MR) is 83.3 cm³/mol. The van der Waals surface area contributed by atoms with Crippen LogP contribution >= 0.6 is 0 Å². The Morgan fingerprint density at radius 1 is 1.26 bits per heavy atom. The summed E-state index contributed by atoms with van der Waals surface area (Å²) in [5.74, 6) is 0.373.